The highest BCUT2D eigenvalue weighted by Gasteiger charge is 2.45. The van der Waals surface area contributed by atoms with Crippen molar-refractivity contribution in [3.05, 3.63) is 70.4 Å². The molecule has 6 nitrogen and oxygen atoms in total. The summed E-state index contributed by atoms with van der Waals surface area (Å²) in [4.78, 5) is 20.0. The Labute approximate surface area is 221 Å². The normalized spacial score (nSPS) is 19.9. The van der Waals surface area contributed by atoms with Crippen LogP contribution in [0.5, 0.6) is 5.75 Å². The molecule has 1 aromatic heterocycles. The third-order valence-corrected chi connectivity index (χ3v) is 8.05. The molecular weight excluding hydrogens is 489 g/mol. The van der Waals surface area contributed by atoms with Crippen LogP contribution >= 0.6 is 11.8 Å². The minimum Gasteiger partial charge on any atom is -0.494 e. The number of ether oxygens (including phenoxy) is 1. The van der Waals surface area contributed by atoms with E-state index in [2.05, 4.69) is 47.5 Å². The number of halogens is 1. The molecule has 0 amide bonds. The van der Waals surface area contributed by atoms with Gasteiger partial charge in [-0.15, -0.1) is 0 Å². The molecular formula is C29H32FN3O3S. The second-order valence-corrected chi connectivity index (χ2v) is 10.9. The first-order valence-corrected chi connectivity index (χ1v) is 14.1. The van der Waals surface area contributed by atoms with E-state index in [-0.39, 0.29) is 23.7 Å². The molecule has 3 atom stereocenters. The third kappa shape index (κ3) is 5.30. The number of nitrogens with zero attached hydrogens (tertiary/aromatic N) is 2. The lowest BCUT2D eigenvalue weighted by Gasteiger charge is -2.19. The molecule has 3 aromatic rings. The Morgan fingerprint density at radius 1 is 1.22 bits per heavy atom. The number of fused-ring (bicyclic) bond motifs is 1. The first-order valence-electron chi connectivity index (χ1n) is 12.7. The number of hydrogen-bond donors (Lipinski definition) is 2. The van der Waals surface area contributed by atoms with Crippen molar-refractivity contribution in [1.82, 2.24) is 9.97 Å². The van der Waals surface area contributed by atoms with Crippen molar-refractivity contribution in [3.8, 4) is 16.9 Å². The van der Waals surface area contributed by atoms with Crippen molar-refractivity contribution in [2.75, 3.05) is 23.9 Å². The van der Waals surface area contributed by atoms with Crippen LogP contribution in [-0.4, -0.2) is 39.7 Å². The van der Waals surface area contributed by atoms with Crippen molar-refractivity contribution in [2.45, 2.75) is 51.5 Å². The molecule has 0 saturated heterocycles. The van der Waals surface area contributed by atoms with E-state index in [1.54, 1.807) is 18.5 Å². The van der Waals surface area contributed by atoms with Gasteiger partial charge in [-0.1, -0.05) is 6.07 Å². The maximum absolute atomic E-state index is 15.2. The number of carbonyl (C=O) groups is 1. The van der Waals surface area contributed by atoms with Gasteiger partial charge in [0.2, 0.25) is 0 Å². The summed E-state index contributed by atoms with van der Waals surface area (Å²) in [5.74, 6) is 1.08. The number of thioether (sulfide) groups is 1. The first-order chi connectivity index (χ1) is 17.9. The van der Waals surface area contributed by atoms with Gasteiger partial charge in [-0.25, -0.2) is 9.37 Å². The van der Waals surface area contributed by atoms with E-state index >= 15 is 4.39 Å². The van der Waals surface area contributed by atoms with Crippen molar-refractivity contribution >= 4 is 23.5 Å². The summed E-state index contributed by atoms with van der Waals surface area (Å²) in [6.07, 6.45) is 8.49. The number of carboxylic acids is 1. The number of aromatic nitrogens is 2. The Hall–Kier alpha value is -3.13. The lowest BCUT2D eigenvalue weighted by Crippen LogP contribution is -2.11. The van der Waals surface area contributed by atoms with Gasteiger partial charge in [0.1, 0.15) is 17.4 Å². The van der Waals surface area contributed by atoms with E-state index < -0.39 is 5.97 Å². The summed E-state index contributed by atoms with van der Waals surface area (Å²) in [7, 11) is 0. The zero-order chi connectivity index (χ0) is 26.1. The molecule has 2 N–H and O–H groups in total. The van der Waals surface area contributed by atoms with Gasteiger partial charge in [0.25, 0.3) is 0 Å². The zero-order valence-electron chi connectivity index (χ0n) is 21.4. The molecule has 0 radical (unpaired) electrons. The molecule has 1 unspecified atom stereocenters. The van der Waals surface area contributed by atoms with Gasteiger partial charge in [0, 0.05) is 11.5 Å². The number of hydrogen-bond acceptors (Lipinski definition) is 6. The van der Waals surface area contributed by atoms with Crippen LogP contribution in [0.3, 0.4) is 0 Å². The quantitative estimate of drug-likeness (QED) is 0.302. The summed E-state index contributed by atoms with van der Waals surface area (Å²) in [5, 5.41) is 12.5. The molecule has 1 fully saturated rings. The van der Waals surface area contributed by atoms with Crippen LogP contribution in [-0.2, 0) is 11.2 Å². The predicted octanol–water partition coefficient (Wildman–Crippen LogP) is 6.32. The SMILES string of the molecule is CSCCCOc1cc(C)c(-c2ccc(F)c3c2CC[C@H]3Nc2cnc([C@@H]3CC3C(=O)O)cn2)c(C)c1. The number of rotatable bonds is 10. The van der Waals surface area contributed by atoms with E-state index in [1.807, 2.05) is 17.8 Å². The largest absolute Gasteiger partial charge is 0.494 e. The Bertz CT molecular complexity index is 1290. The molecule has 2 aliphatic rings. The first kappa shape index (κ1) is 25.5. The molecule has 8 heteroatoms. The minimum absolute atomic E-state index is 0.0649. The van der Waals surface area contributed by atoms with Crippen LogP contribution in [0, 0.1) is 25.6 Å². The number of aryl methyl sites for hydroxylation is 2. The summed E-state index contributed by atoms with van der Waals surface area (Å²) in [5.41, 5.74) is 6.85. The summed E-state index contributed by atoms with van der Waals surface area (Å²) < 4.78 is 21.1. The lowest BCUT2D eigenvalue weighted by molar-refractivity contribution is -0.138. The van der Waals surface area contributed by atoms with Gasteiger partial charge in [-0.2, -0.15) is 11.8 Å². The van der Waals surface area contributed by atoms with Gasteiger partial charge < -0.3 is 15.2 Å². The van der Waals surface area contributed by atoms with Crippen LogP contribution < -0.4 is 10.1 Å². The third-order valence-electron chi connectivity index (χ3n) is 7.35. The molecule has 5 rings (SSSR count). The fourth-order valence-electron chi connectivity index (χ4n) is 5.50. The van der Waals surface area contributed by atoms with Gasteiger partial charge in [-0.05, 0) is 97.6 Å². The Morgan fingerprint density at radius 2 is 2.00 bits per heavy atom. The number of aliphatic carboxylic acids is 1. The Balaban J connectivity index is 1.36. The second-order valence-electron chi connectivity index (χ2n) is 9.96. The predicted molar refractivity (Wildman–Crippen MR) is 145 cm³/mol. The van der Waals surface area contributed by atoms with Gasteiger partial charge in [0.15, 0.2) is 0 Å². The fourth-order valence-corrected chi connectivity index (χ4v) is 5.90. The molecule has 0 spiro atoms. The molecule has 2 aliphatic carbocycles. The number of anilines is 1. The molecule has 194 valence electrons. The van der Waals surface area contributed by atoms with Crippen LogP contribution in [0.2, 0.25) is 0 Å². The highest BCUT2D eigenvalue weighted by atomic mass is 32.2. The smallest absolute Gasteiger partial charge is 0.307 e. The zero-order valence-corrected chi connectivity index (χ0v) is 22.2. The van der Waals surface area contributed by atoms with Crippen molar-refractivity contribution in [1.29, 1.82) is 0 Å². The van der Waals surface area contributed by atoms with E-state index in [0.717, 1.165) is 58.6 Å². The molecule has 37 heavy (non-hydrogen) atoms. The lowest BCUT2D eigenvalue weighted by atomic mass is 9.90. The molecule has 1 heterocycles. The molecule has 1 saturated carbocycles. The minimum atomic E-state index is -0.790. The summed E-state index contributed by atoms with van der Waals surface area (Å²) in [6.45, 7) is 4.87. The van der Waals surface area contributed by atoms with Gasteiger partial charge in [-0.3, -0.25) is 9.78 Å². The van der Waals surface area contributed by atoms with Gasteiger partial charge >= 0.3 is 5.97 Å². The van der Waals surface area contributed by atoms with Crippen molar-refractivity contribution in [2.24, 2.45) is 5.92 Å². The highest BCUT2D eigenvalue weighted by molar-refractivity contribution is 7.98. The van der Waals surface area contributed by atoms with Crippen LogP contribution in [0.15, 0.2) is 36.7 Å². The maximum Gasteiger partial charge on any atom is 0.307 e. The average molecular weight is 522 g/mol. The molecule has 2 aromatic carbocycles. The van der Waals surface area contributed by atoms with E-state index in [4.69, 9.17) is 9.84 Å². The van der Waals surface area contributed by atoms with Gasteiger partial charge in [0.05, 0.1) is 36.7 Å². The van der Waals surface area contributed by atoms with E-state index in [1.165, 1.54) is 0 Å². The van der Waals surface area contributed by atoms with E-state index in [9.17, 15) is 4.79 Å². The van der Waals surface area contributed by atoms with Crippen LogP contribution in [0.25, 0.3) is 11.1 Å². The van der Waals surface area contributed by atoms with Crippen LogP contribution in [0.4, 0.5) is 10.2 Å². The fraction of sp³-hybridized carbons (Fsp3) is 0.414. The average Bonchev–Trinajstić information content (AvgIpc) is 3.57. The standard InChI is InChI=1S/C29H32FN3O3S/c1-16-11-18(36-9-4-10-37-3)12-17(2)27(16)19-5-7-23(30)28-20(19)6-8-24(28)33-26-15-31-25(14-32-26)21-13-22(21)29(34)35/h5,7,11-12,14-15,21-22,24H,4,6,8-10,13H2,1-3H3,(H,32,33)(H,34,35)/t21-,22?,24-/m1/s1. The number of benzene rings is 2. The topological polar surface area (TPSA) is 84.3 Å². The second kappa shape index (κ2) is 10.7. The van der Waals surface area contributed by atoms with E-state index in [0.29, 0.717) is 30.1 Å². The Morgan fingerprint density at radius 3 is 2.65 bits per heavy atom. The van der Waals surface area contributed by atoms with Crippen LogP contribution in [0.1, 0.15) is 59.2 Å². The highest BCUT2D eigenvalue weighted by Crippen LogP contribution is 2.47. The van der Waals surface area contributed by atoms with Crippen molar-refractivity contribution in [3.63, 3.8) is 0 Å². The maximum atomic E-state index is 15.2. The number of nitrogens with one attached hydrogen (secondary N) is 1. The number of carboxylic acid groups (broad SMARTS) is 1. The Kier molecular flexibility index (Phi) is 7.38. The summed E-state index contributed by atoms with van der Waals surface area (Å²) in [6, 6.07) is 7.41. The molecule has 0 bridgehead atoms. The summed E-state index contributed by atoms with van der Waals surface area (Å²) >= 11 is 1.82. The molecule has 0 aliphatic heterocycles. The monoisotopic (exact) mass is 521 g/mol. The van der Waals surface area contributed by atoms with Crippen molar-refractivity contribution < 1.29 is 19.0 Å².